The fourth-order valence-corrected chi connectivity index (χ4v) is 5.63. The second kappa shape index (κ2) is 7.99. The lowest BCUT2D eigenvalue weighted by Crippen LogP contribution is -2.47. The molecule has 3 saturated carbocycles. The van der Waals surface area contributed by atoms with Gasteiger partial charge < -0.3 is 4.90 Å². The Hall–Kier alpha value is -1.88. The summed E-state index contributed by atoms with van der Waals surface area (Å²) in [5.74, 6) is 1.79. The summed E-state index contributed by atoms with van der Waals surface area (Å²) in [6, 6.07) is 6.01. The molecule has 2 aromatic rings. The Kier molecular flexibility index (Phi) is 5.02. The number of piperazine rings is 1. The van der Waals surface area contributed by atoms with Crippen molar-refractivity contribution in [2.24, 2.45) is 0 Å². The van der Waals surface area contributed by atoms with Crippen molar-refractivity contribution < 1.29 is 0 Å². The molecule has 3 heterocycles. The van der Waals surface area contributed by atoms with Crippen molar-refractivity contribution >= 4 is 5.82 Å². The van der Waals surface area contributed by atoms with Crippen LogP contribution >= 0.6 is 0 Å². The second-order valence-corrected chi connectivity index (χ2v) is 9.99. The molecule has 2 aromatic heterocycles. The van der Waals surface area contributed by atoms with Crippen LogP contribution in [0, 0.1) is 0 Å². The number of anilines is 1. The van der Waals surface area contributed by atoms with E-state index in [4.69, 9.17) is 10.1 Å². The van der Waals surface area contributed by atoms with Gasteiger partial charge in [0.1, 0.15) is 5.82 Å². The lowest BCUT2D eigenvalue weighted by atomic mass is 9.81. The first-order valence-corrected chi connectivity index (χ1v) is 12.4. The molecule has 3 aliphatic carbocycles. The van der Waals surface area contributed by atoms with Crippen LogP contribution in [0.3, 0.4) is 0 Å². The zero-order valence-corrected chi connectivity index (χ0v) is 18.2. The second-order valence-electron chi connectivity index (χ2n) is 9.99. The molecule has 1 saturated heterocycles. The molecule has 0 N–H and O–H groups in total. The van der Waals surface area contributed by atoms with Gasteiger partial charge in [-0.1, -0.05) is 25.7 Å². The van der Waals surface area contributed by atoms with Gasteiger partial charge >= 0.3 is 0 Å². The molecule has 30 heavy (non-hydrogen) atoms. The third kappa shape index (κ3) is 3.66. The van der Waals surface area contributed by atoms with Gasteiger partial charge in [-0.15, -0.1) is 0 Å². The van der Waals surface area contributed by atoms with E-state index in [1.807, 2.05) is 0 Å². The SMILES string of the molecule is c1cc(N2CCN(C3CC3)CC2)ncc1-c1cn(C2CCCCC2)nc1C1CCC1. The van der Waals surface area contributed by atoms with Crippen molar-refractivity contribution in [3.8, 4) is 11.1 Å². The number of aromatic nitrogens is 3. The molecule has 0 aromatic carbocycles. The van der Waals surface area contributed by atoms with E-state index < -0.39 is 0 Å². The molecule has 160 valence electrons. The lowest BCUT2D eigenvalue weighted by molar-refractivity contribution is 0.247. The quantitative estimate of drug-likeness (QED) is 0.701. The molecule has 5 nitrogen and oxygen atoms in total. The minimum Gasteiger partial charge on any atom is -0.354 e. The minimum atomic E-state index is 0.598. The van der Waals surface area contributed by atoms with Gasteiger partial charge in [0.05, 0.1) is 11.7 Å². The average Bonchev–Trinajstić information content (AvgIpc) is 3.54. The van der Waals surface area contributed by atoms with Crippen molar-refractivity contribution in [1.82, 2.24) is 19.7 Å². The molecule has 0 radical (unpaired) electrons. The van der Waals surface area contributed by atoms with Crippen molar-refractivity contribution in [2.45, 2.75) is 82.2 Å². The van der Waals surface area contributed by atoms with Crippen molar-refractivity contribution in [3.63, 3.8) is 0 Å². The molecule has 4 aliphatic rings. The normalized spacial score (nSPS) is 24.2. The first kappa shape index (κ1) is 18.9. The zero-order chi connectivity index (χ0) is 19.9. The molecule has 4 fully saturated rings. The van der Waals surface area contributed by atoms with Crippen LogP contribution in [0.2, 0.25) is 0 Å². The summed E-state index contributed by atoms with van der Waals surface area (Å²) in [6.45, 7) is 4.59. The Labute approximate surface area is 180 Å². The van der Waals surface area contributed by atoms with E-state index in [-0.39, 0.29) is 0 Å². The monoisotopic (exact) mass is 405 g/mol. The molecule has 0 atom stereocenters. The highest BCUT2D eigenvalue weighted by Crippen LogP contribution is 2.41. The number of pyridine rings is 1. The van der Waals surface area contributed by atoms with E-state index in [2.05, 4.69) is 39.0 Å². The Balaban J connectivity index is 1.21. The van der Waals surface area contributed by atoms with Crippen LogP contribution in [0.15, 0.2) is 24.5 Å². The Morgan fingerprint density at radius 2 is 1.57 bits per heavy atom. The summed E-state index contributed by atoms with van der Waals surface area (Å²) in [5, 5.41) is 5.15. The third-order valence-electron chi connectivity index (χ3n) is 7.96. The standard InChI is InChI=1S/C25H35N5/c1-2-7-22(8-3-1)30-18-23(25(27-30)19-5-4-6-19)20-9-12-24(26-17-20)29-15-13-28(14-16-29)21-10-11-21/h9,12,17-19,21-22H,1-8,10-11,13-16H2. The predicted octanol–water partition coefficient (Wildman–Crippen LogP) is 5.00. The Morgan fingerprint density at radius 3 is 2.20 bits per heavy atom. The summed E-state index contributed by atoms with van der Waals surface area (Å²) < 4.78 is 2.31. The van der Waals surface area contributed by atoms with Crippen LogP contribution in [-0.4, -0.2) is 51.9 Å². The van der Waals surface area contributed by atoms with E-state index >= 15 is 0 Å². The largest absolute Gasteiger partial charge is 0.354 e. The minimum absolute atomic E-state index is 0.598. The molecular formula is C25H35N5. The summed E-state index contributed by atoms with van der Waals surface area (Å²) in [5.41, 5.74) is 3.92. The predicted molar refractivity (Wildman–Crippen MR) is 121 cm³/mol. The Morgan fingerprint density at radius 1 is 0.767 bits per heavy atom. The number of hydrogen-bond acceptors (Lipinski definition) is 4. The molecule has 0 amide bonds. The van der Waals surface area contributed by atoms with Gasteiger partial charge in [0.2, 0.25) is 0 Å². The first-order chi connectivity index (χ1) is 14.8. The van der Waals surface area contributed by atoms with Crippen LogP contribution in [0.1, 0.15) is 81.9 Å². The van der Waals surface area contributed by atoms with Gasteiger partial charge in [0.15, 0.2) is 0 Å². The highest BCUT2D eigenvalue weighted by Gasteiger charge is 2.32. The fourth-order valence-electron chi connectivity index (χ4n) is 5.63. The van der Waals surface area contributed by atoms with Crippen LogP contribution in [0.25, 0.3) is 11.1 Å². The van der Waals surface area contributed by atoms with E-state index in [1.165, 1.54) is 94.1 Å². The van der Waals surface area contributed by atoms with Crippen LogP contribution in [0.4, 0.5) is 5.82 Å². The van der Waals surface area contributed by atoms with E-state index in [1.54, 1.807) is 0 Å². The number of nitrogens with zero attached hydrogens (tertiary/aromatic N) is 5. The lowest BCUT2D eigenvalue weighted by Gasteiger charge is -2.35. The first-order valence-electron chi connectivity index (χ1n) is 12.4. The van der Waals surface area contributed by atoms with Crippen molar-refractivity contribution in [1.29, 1.82) is 0 Å². The maximum Gasteiger partial charge on any atom is 0.128 e. The summed E-state index contributed by atoms with van der Waals surface area (Å²) in [7, 11) is 0. The highest BCUT2D eigenvalue weighted by atomic mass is 15.3. The number of rotatable bonds is 5. The van der Waals surface area contributed by atoms with Crippen LogP contribution in [0.5, 0.6) is 0 Å². The molecular weight excluding hydrogens is 370 g/mol. The van der Waals surface area contributed by atoms with Crippen LogP contribution < -0.4 is 4.90 Å². The summed E-state index contributed by atoms with van der Waals surface area (Å²) >= 11 is 0. The third-order valence-corrected chi connectivity index (χ3v) is 7.96. The summed E-state index contributed by atoms with van der Waals surface area (Å²) in [6.07, 6.45) is 17.9. The maximum absolute atomic E-state index is 5.15. The topological polar surface area (TPSA) is 37.2 Å². The van der Waals surface area contributed by atoms with Crippen LogP contribution in [-0.2, 0) is 0 Å². The molecule has 0 unspecified atom stereocenters. The smallest absolute Gasteiger partial charge is 0.128 e. The van der Waals surface area contributed by atoms with Gasteiger partial charge in [-0.25, -0.2) is 4.98 Å². The Bertz CT molecular complexity index is 850. The van der Waals surface area contributed by atoms with Crippen molar-refractivity contribution in [2.75, 3.05) is 31.1 Å². The van der Waals surface area contributed by atoms with Crippen molar-refractivity contribution in [3.05, 3.63) is 30.2 Å². The molecule has 1 aliphatic heterocycles. The van der Waals surface area contributed by atoms with Gasteiger partial charge in [0, 0.05) is 61.7 Å². The van der Waals surface area contributed by atoms with E-state index in [0.717, 1.165) is 24.9 Å². The molecule has 6 rings (SSSR count). The maximum atomic E-state index is 5.15. The number of hydrogen-bond donors (Lipinski definition) is 0. The van der Waals surface area contributed by atoms with Gasteiger partial charge in [-0.05, 0) is 50.7 Å². The molecule has 0 spiro atoms. The average molecular weight is 406 g/mol. The fraction of sp³-hybridized carbons (Fsp3) is 0.680. The van der Waals surface area contributed by atoms with E-state index in [9.17, 15) is 0 Å². The highest BCUT2D eigenvalue weighted by molar-refractivity contribution is 5.66. The molecule has 0 bridgehead atoms. The summed E-state index contributed by atoms with van der Waals surface area (Å²) in [4.78, 5) is 10.0. The van der Waals surface area contributed by atoms with Gasteiger partial charge in [-0.3, -0.25) is 9.58 Å². The van der Waals surface area contributed by atoms with Gasteiger partial charge in [-0.2, -0.15) is 5.10 Å². The zero-order valence-electron chi connectivity index (χ0n) is 18.2. The molecule has 5 heteroatoms. The van der Waals surface area contributed by atoms with Gasteiger partial charge in [0.25, 0.3) is 0 Å². The van der Waals surface area contributed by atoms with E-state index in [0.29, 0.717) is 12.0 Å².